The molecular formula is C19H21N3O. The van der Waals surface area contributed by atoms with E-state index >= 15 is 0 Å². The molecule has 0 bridgehead atoms. The molecular weight excluding hydrogens is 286 g/mol. The number of aromatic nitrogens is 2. The molecule has 4 nitrogen and oxygen atoms in total. The molecule has 1 aromatic heterocycles. The lowest BCUT2D eigenvalue weighted by Crippen LogP contribution is -2.27. The van der Waals surface area contributed by atoms with Gasteiger partial charge < -0.3 is 9.88 Å². The number of H-pyrrole nitrogens is 1. The Labute approximate surface area is 136 Å². The van der Waals surface area contributed by atoms with Gasteiger partial charge in [-0.2, -0.15) is 0 Å². The minimum absolute atomic E-state index is 0.0246. The molecule has 0 saturated heterocycles. The van der Waals surface area contributed by atoms with Crippen LogP contribution in [0.4, 0.5) is 0 Å². The van der Waals surface area contributed by atoms with Gasteiger partial charge in [-0.05, 0) is 30.7 Å². The first kappa shape index (κ1) is 15.3. The van der Waals surface area contributed by atoms with E-state index in [-0.39, 0.29) is 11.9 Å². The summed E-state index contributed by atoms with van der Waals surface area (Å²) in [5.74, 6) is 0.818. The number of nitrogens with one attached hydrogen (secondary N) is 1. The molecule has 1 atom stereocenters. The first-order chi connectivity index (χ1) is 11.0. The van der Waals surface area contributed by atoms with Crippen LogP contribution >= 0.6 is 0 Å². The fourth-order valence-electron chi connectivity index (χ4n) is 2.68. The average Bonchev–Trinajstić information content (AvgIpc) is 3.02. The van der Waals surface area contributed by atoms with Crippen molar-refractivity contribution < 1.29 is 4.79 Å². The van der Waals surface area contributed by atoms with Gasteiger partial charge in [-0.25, -0.2) is 4.98 Å². The Balaban J connectivity index is 1.94. The Morgan fingerprint density at radius 2 is 1.87 bits per heavy atom. The van der Waals surface area contributed by atoms with Crippen molar-refractivity contribution in [2.24, 2.45) is 0 Å². The number of aryl methyl sites for hydroxylation is 1. The Kier molecular flexibility index (Phi) is 3.90. The van der Waals surface area contributed by atoms with Crippen LogP contribution in [0.15, 0.2) is 42.6 Å². The van der Waals surface area contributed by atoms with Gasteiger partial charge in [0.2, 0.25) is 5.91 Å². The second-order valence-corrected chi connectivity index (χ2v) is 6.05. The number of benzene rings is 2. The lowest BCUT2D eigenvalue weighted by molar-refractivity contribution is -0.129. The Hall–Kier alpha value is -2.62. The van der Waals surface area contributed by atoms with Gasteiger partial charge in [0.05, 0.1) is 17.9 Å². The monoisotopic (exact) mass is 307 g/mol. The smallest absolute Gasteiger partial charge is 0.219 e. The van der Waals surface area contributed by atoms with Crippen molar-refractivity contribution in [3.63, 3.8) is 0 Å². The van der Waals surface area contributed by atoms with Crippen LogP contribution in [0.5, 0.6) is 0 Å². The molecule has 1 unspecified atom stereocenters. The highest BCUT2D eigenvalue weighted by Gasteiger charge is 2.17. The summed E-state index contributed by atoms with van der Waals surface area (Å²) < 4.78 is 0. The first-order valence-corrected chi connectivity index (χ1v) is 7.75. The molecule has 0 saturated carbocycles. The van der Waals surface area contributed by atoms with E-state index in [2.05, 4.69) is 53.3 Å². The van der Waals surface area contributed by atoms with Crippen molar-refractivity contribution >= 4 is 16.7 Å². The van der Waals surface area contributed by atoms with E-state index < -0.39 is 0 Å². The van der Waals surface area contributed by atoms with E-state index in [4.69, 9.17) is 0 Å². The highest BCUT2D eigenvalue weighted by Crippen LogP contribution is 2.25. The summed E-state index contributed by atoms with van der Waals surface area (Å²) in [7, 11) is 1.79. The van der Waals surface area contributed by atoms with Gasteiger partial charge in [0.1, 0.15) is 5.82 Å². The SMILES string of the molecule is CC(=O)N(C)C(C)c1ncc(-c2ccc3cc(C)ccc3c2)[nH]1. The third kappa shape index (κ3) is 2.97. The number of aromatic amines is 1. The van der Waals surface area contributed by atoms with Crippen LogP contribution in [0, 0.1) is 6.92 Å². The summed E-state index contributed by atoms with van der Waals surface area (Å²) in [5, 5.41) is 2.44. The maximum atomic E-state index is 11.5. The van der Waals surface area contributed by atoms with E-state index in [1.54, 1.807) is 18.9 Å². The average molecular weight is 307 g/mol. The Bertz CT molecular complexity index is 866. The van der Waals surface area contributed by atoms with E-state index in [1.165, 1.54) is 16.3 Å². The number of amides is 1. The molecule has 4 heteroatoms. The van der Waals surface area contributed by atoms with Gasteiger partial charge in [0, 0.05) is 19.5 Å². The third-order valence-corrected chi connectivity index (χ3v) is 4.38. The summed E-state index contributed by atoms with van der Waals surface area (Å²) in [4.78, 5) is 20.9. The van der Waals surface area contributed by atoms with Gasteiger partial charge in [-0.15, -0.1) is 0 Å². The molecule has 0 spiro atoms. The largest absolute Gasteiger partial charge is 0.340 e. The van der Waals surface area contributed by atoms with E-state index in [9.17, 15) is 4.79 Å². The minimum atomic E-state index is -0.0793. The van der Waals surface area contributed by atoms with Crippen molar-refractivity contribution in [3.05, 3.63) is 54.0 Å². The van der Waals surface area contributed by atoms with Crippen LogP contribution in [0.3, 0.4) is 0 Å². The summed E-state index contributed by atoms with van der Waals surface area (Å²) in [6, 6.07) is 12.7. The third-order valence-electron chi connectivity index (χ3n) is 4.38. The lowest BCUT2D eigenvalue weighted by Gasteiger charge is -2.21. The van der Waals surface area contributed by atoms with Crippen molar-refractivity contribution in [2.45, 2.75) is 26.8 Å². The summed E-state index contributed by atoms with van der Waals surface area (Å²) in [6.45, 7) is 5.63. The molecule has 1 N–H and O–H groups in total. The van der Waals surface area contributed by atoms with Crippen LogP contribution in [0.2, 0.25) is 0 Å². The van der Waals surface area contributed by atoms with Gasteiger partial charge in [-0.1, -0.05) is 35.9 Å². The van der Waals surface area contributed by atoms with Crippen molar-refractivity contribution in [2.75, 3.05) is 7.05 Å². The molecule has 1 heterocycles. The van der Waals surface area contributed by atoms with Crippen LogP contribution in [-0.4, -0.2) is 27.8 Å². The molecule has 3 aromatic rings. The molecule has 0 fully saturated rings. The zero-order valence-electron chi connectivity index (χ0n) is 13.9. The second kappa shape index (κ2) is 5.88. The van der Waals surface area contributed by atoms with Crippen LogP contribution < -0.4 is 0 Å². The number of nitrogens with zero attached hydrogens (tertiary/aromatic N) is 2. The molecule has 3 rings (SSSR count). The van der Waals surface area contributed by atoms with Crippen molar-refractivity contribution in [1.82, 2.24) is 14.9 Å². The number of fused-ring (bicyclic) bond motifs is 1. The first-order valence-electron chi connectivity index (χ1n) is 7.75. The lowest BCUT2D eigenvalue weighted by atomic mass is 10.0. The van der Waals surface area contributed by atoms with Crippen molar-refractivity contribution in [1.29, 1.82) is 0 Å². The normalized spacial score (nSPS) is 12.3. The highest BCUT2D eigenvalue weighted by molar-refractivity contribution is 5.87. The zero-order valence-corrected chi connectivity index (χ0v) is 13.9. The summed E-state index contributed by atoms with van der Waals surface area (Å²) in [5.41, 5.74) is 3.32. The predicted molar refractivity (Wildman–Crippen MR) is 93.1 cm³/mol. The molecule has 0 aliphatic rings. The number of rotatable bonds is 3. The fraction of sp³-hybridized carbons (Fsp3) is 0.263. The predicted octanol–water partition coefficient (Wildman–Crippen LogP) is 4.08. The van der Waals surface area contributed by atoms with E-state index in [0.29, 0.717) is 0 Å². The molecule has 1 amide bonds. The summed E-state index contributed by atoms with van der Waals surface area (Å²) in [6.07, 6.45) is 1.83. The number of imidazole rings is 1. The van der Waals surface area contributed by atoms with Crippen LogP contribution in [-0.2, 0) is 4.79 Å². The Morgan fingerprint density at radius 1 is 1.17 bits per heavy atom. The maximum absolute atomic E-state index is 11.5. The fourth-order valence-corrected chi connectivity index (χ4v) is 2.68. The topological polar surface area (TPSA) is 49.0 Å². The zero-order chi connectivity index (χ0) is 16.6. The van der Waals surface area contributed by atoms with E-state index in [1.807, 2.05) is 13.1 Å². The number of hydrogen-bond donors (Lipinski definition) is 1. The molecule has 23 heavy (non-hydrogen) atoms. The van der Waals surface area contributed by atoms with Gasteiger partial charge >= 0.3 is 0 Å². The molecule has 0 radical (unpaired) electrons. The number of hydrogen-bond acceptors (Lipinski definition) is 2. The van der Waals surface area contributed by atoms with E-state index in [0.717, 1.165) is 17.1 Å². The van der Waals surface area contributed by atoms with Crippen LogP contribution in [0.1, 0.15) is 31.3 Å². The Morgan fingerprint density at radius 3 is 2.61 bits per heavy atom. The van der Waals surface area contributed by atoms with Gasteiger partial charge in [-0.3, -0.25) is 4.79 Å². The minimum Gasteiger partial charge on any atom is -0.340 e. The second-order valence-electron chi connectivity index (χ2n) is 6.05. The molecule has 2 aromatic carbocycles. The molecule has 0 aliphatic carbocycles. The number of carbonyl (C=O) groups is 1. The quantitative estimate of drug-likeness (QED) is 0.792. The highest BCUT2D eigenvalue weighted by atomic mass is 16.2. The maximum Gasteiger partial charge on any atom is 0.219 e. The summed E-state index contributed by atoms with van der Waals surface area (Å²) >= 11 is 0. The number of carbonyl (C=O) groups excluding carboxylic acids is 1. The van der Waals surface area contributed by atoms with Crippen molar-refractivity contribution in [3.8, 4) is 11.3 Å². The van der Waals surface area contributed by atoms with Gasteiger partial charge in [0.15, 0.2) is 0 Å². The molecule has 0 aliphatic heterocycles. The van der Waals surface area contributed by atoms with Crippen LogP contribution in [0.25, 0.3) is 22.0 Å². The van der Waals surface area contributed by atoms with Gasteiger partial charge in [0.25, 0.3) is 0 Å². The standard InChI is InChI=1S/C19H21N3O/c1-12-5-6-16-10-17(8-7-15(16)9-12)18-11-20-19(21-18)13(2)22(4)14(3)23/h5-11,13H,1-4H3,(H,20,21). The molecule has 118 valence electrons.